The molecular formula is C18H20N4O. The third kappa shape index (κ3) is 4.83. The van der Waals surface area contributed by atoms with Crippen LogP contribution in [0.25, 0.3) is 0 Å². The van der Waals surface area contributed by atoms with E-state index in [1.54, 1.807) is 0 Å². The molecular weight excluding hydrogens is 288 g/mol. The minimum Gasteiger partial charge on any atom is -0.378 e. The molecule has 0 spiro atoms. The third-order valence-corrected chi connectivity index (χ3v) is 3.44. The van der Waals surface area contributed by atoms with Crippen LogP contribution in [0.4, 0.5) is 5.69 Å². The Morgan fingerprint density at radius 3 is 2.35 bits per heavy atom. The summed E-state index contributed by atoms with van der Waals surface area (Å²) < 4.78 is 0. The van der Waals surface area contributed by atoms with Crippen molar-refractivity contribution in [2.75, 3.05) is 19.0 Å². The molecule has 0 saturated carbocycles. The van der Waals surface area contributed by atoms with Gasteiger partial charge in [-0.15, -0.1) is 0 Å². The Hall–Kier alpha value is -2.84. The minimum absolute atomic E-state index is 0.179. The molecule has 5 heteroatoms. The molecule has 118 valence electrons. The zero-order valence-corrected chi connectivity index (χ0v) is 13.3. The van der Waals surface area contributed by atoms with Gasteiger partial charge in [0.2, 0.25) is 5.91 Å². The van der Waals surface area contributed by atoms with Gasteiger partial charge in [-0.3, -0.25) is 10.2 Å². The molecule has 1 unspecified atom stereocenters. The van der Waals surface area contributed by atoms with Crippen LogP contribution in [-0.2, 0) is 11.2 Å². The smallest absolute Gasteiger partial charge is 0.238 e. The predicted molar refractivity (Wildman–Crippen MR) is 90.5 cm³/mol. The van der Waals surface area contributed by atoms with Crippen LogP contribution in [0, 0.1) is 11.3 Å². The van der Waals surface area contributed by atoms with Crippen molar-refractivity contribution < 1.29 is 4.79 Å². The summed E-state index contributed by atoms with van der Waals surface area (Å²) in [6.45, 7) is 0. The number of anilines is 1. The molecule has 23 heavy (non-hydrogen) atoms. The number of benzene rings is 2. The van der Waals surface area contributed by atoms with Gasteiger partial charge in [-0.05, 0) is 23.3 Å². The molecule has 1 amide bonds. The highest BCUT2D eigenvalue weighted by molar-refractivity contribution is 5.78. The SMILES string of the molecule is CN(C)c1ccc(C(C#N)NNC(=O)Cc2ccccc2)cc1. The largest absolute Gasteiger partial charge is 0.378 e. The highest BCUT2D eigenvalue weighted by Gasteiger charge is 2.11. The summed E-state index contributed by atoms with van der Waals surface area (Å²) in [4.78, 5) is 13.9. The molecule has 5 nitrogen and oxygen atoms in total. The lowest BCUT2D eigenvalue weighted by atomic mass is 10.1. The van der Waals surface area contributed by atoms with Gasteiger partial charge in [0.25, 0.3) is 0 Å². The van der Waals surface area contributed by atoms with E-state index in [0.29, 0.717) is 0 Å². The summed E-state index contributed by atoms with van der Waals surface area (Å²) in [5.41, 5.74) is 8.16. The predicted octanol–water partition coefficient (Wildman–Crippen LogP) is 2.18. The second kappa shape index (κ2) is 7.97. The molecule has 2 N–H and O–H groups in total. The monoisotopic (exact) mass is 308 g/mol. The van der Waals surface area contributed by atoms with Crippen LogP contribution in [-0.4, -0.2) is 20.0 Å². The lowest BCUT2D eigenvalue weighted by Gasteiger charge is -2.16. The van der Waals surface area contributed by atoms with Gasteiger partial charge in [0, 0.05) is 19.8 Å². The Labute approximate surface area is 136 Å². The van der Waals surface area contributed by atoms with Crippen molar-refractivity contribution in [3.05, 3.63) is 65.7 Å². The second-order valence-electron chi connectivity index (χ2n) is 5.40. The van der Waals surface area contributed by atoms with Gasteiger partial charge in [0.15, 0.2) is 0 Å². The summed E-state index contributed by atoms with van der Waals surface area (Å²) in [5.74, 6) is -0.179. The van der Waals surface area contributed by atoms with Crippen molar-refractivity contribution in [1.29, 1.82) is 5.26 Å². The van der Waals surface area contributed by atoms with E-state index in [4.69, 9.17) is 0 Å². The number of carbonyl (C=O) groups excluding carboxylic acids is 1. The van der Waals surface area contributed by atoms with Gasteiger partial charge in [-0.1, -0.05) is 42.5 Å². The van der Waals surface area contributed by atoms with Crippen molar-refractivity contribution in [3.8, 4) is 6.07 Å². The van der Waals surface area contributed by atoms with E-state index in [2.05, 4.69) is 16.9 Å². The van der Waals surface area contributed by atoms with Crippen LogP contribution in [0.1, 0.15) is 17.2 Å². The number of nitrogens with zero attached hydrogens (tertiary/aromatic N) is 2. The highest BCUT2D eigenvalue weighted by Crippen LogP contribution is 2.17. The third-order valence-electron chi connectivity index (χ3n) is 3.44. The molecule has 0 heterocycles. The van der Waals surface area contributed by atoms with E-state index in [1.165, 1.54) is 0 Å². The van der Waals surface area contributed by atoms with Gasteiger partial charge in [0.1, 0.15) is 6.04 Å². The molecule has 0 fully saturated rings. The van der Waals surface area contributed by atoms with Crippen molar-refractivity contribution in [2.45, 2.75) is 12.5 Å². The van der Waals surface area contributed by atoms with Gasteiger partial charge < -0.3 is 4.90 Å². The maximum Gasteiger partial charge on any atom is 0.238 e. The average molecular weight is 308 g/mol. The molecule has 2 rings (SSSR count). The van der Waals surface area contributed by atoms with Crippen LogP contribution in [0.5, 0.6) is 0 Å². The topological polar surface area (TPSA) is 68.2 Å². The fourth-order valence-electron chi connectivity index (χ4n) is 2.13. The minimum atomic E-state index is -0.592. The Kier molecular flexibility index (Phi) is 5.73. The number of hydrogen-bond acceptors (Lipinski definition) is 4. The molecule has 0 radical (unpaired) electrons. The zero-order valence-electron chi connectivity index (χ0n) is 13.3. The number of nitrogens with one attached hydrogen (secondary N) is 2. The molecule has 1 atom stereocenters. The molecule has 0 aliphatic carbocycles. The van der Waals surface area contributed by atoms with Crippen molar-refractivity contribution in [3.63, 3.8) is 0 Å². The van der Waals surface area contributed by atoms with E-state index in [-0.39, 0.29) is 12.3 Å². The number of hydrogen-bond donors (Lipinski definition) is 2. The first kappa shape index (κ1) is 16.5. The molecule has 2 aromatic carbocycles. The Bertz CT molecular complexity index is 674. The van der Waals surface area contributed by atoms with Crippen LogP contribution < -0.4 is 15.8 Å². The number of amides is 1. The standard InChI is InChI=1S/C18H20N4O/c1-22(2)16-10-8-15(9-11-16)17(13-19)20-21-18(23)12-14-6-4-3-5-7-14/h3-11,17,20H,12H2,1-2H3,(H,21,23). The van der Waals surface area contributed by atoms with Gasteiger partial charge in [0.05, 0.1) is 12.5 Å². The average Bonchev–Trinajstić information content (AvgIpc) is 2.56. The van der Waals surface area contributed by atoms with Crippen molar-refractivity contribution in [2.24, 2.45) is 0 Å². The number of carbonyl (C=O) groups is 1. The zero-order chi connectivity index (χ0) is 16.7. The van der Waals surface area contributed by atoms with Crippen LogP contribution in [0.2, 0.25) is 0 Å². The maximum absolute atomic E-state index is 11.9. The fraction of sp³-hybridized carbons (Fsp3) is 0.222. The van der Waals surface area contributed by atoms with E-state index < -0.39 is 6.04 Å². The molecule has 0 bridgehead atoms. The van der Waals surface area contributed by atoms with Crippen LogP contribution in [0.3, 0.4) is 0 Å². The Morgan fingerprint density at radius 1 is 1.13 bits per heavy atom. The van der Waals surface area contributed by atoms with Crippen LogP contribution in [0.15, 0.2) is 54.6 Å². The lowest BCUT2D eigenvalue weighted by Crippen LogP contribution is -2.40. The lowest BCUT2D eigenvalue weighted by molar-refractivity contribution is -0.121. The maximum atomic E-state index is 11.9. The van der Waals surface area contributed by atoms with Crippen molar-refractivity contribution in [1.82, 2.24) is 10.9 Å². The number of rotatable bonds is 6. The van der Waals surface area contributed by atoms with Gasteiger partial charge in [-0.25, -0.2) is 5.43 Å². The first-order valence-corrected chi connectivity index (χ1v) is 7.35. The molecule has 0 saturated heterocycles. The Balaban J connectivity index is 1.92. The quantitative estimate of drug-likeness (QED) is 0.803. The highest BCUT2D eigenvalue weighted by atomic mass is 16.2. The van der Waals surface area contributed by atoms with Gasteiger partial charge in [-0.2, -0.15) is 5.26 Å². The summed E-state index contributed by atoms with van der Waals surface area (Å²) in [6, 6.07) is 18.6. The first-order chi connectivity index (χ1) is 11.1. The summed E-state index contributed by atoms with van der Waals surface area (Å²) in [6.07, 6.45) is 0.269. The summed E-state index contributed by atoms with van der Waals surface area (Å²) >= 11 is 0. The first-order valence-electron chi connectivity index (χ1n) is 7.35. The van der Waals surface area contributed by atoms with E-state index in [1.807, 2.05) is 73.6 Å². The van der Waals surface area contributed by atoms with E-state index in [0.717, 1.165) is 16.8 Å². The Morgan fingerprint density at radius 2 is 1.78 bits per heavy atom. The van der Waals surface area contributed by atoms with E-state index >= 15 is 0 Å². The second-order valence-corrected chi connectivity index (χ2v) is 5.40. The fourth-order valence-corrected chi connectivity index (χ4v) is 2.13. The molecule has 0 aliphatic heterocycles. The summed E-state index contributed by atoms with van der Waals surface area (Å²) in [5, 5.41) is 9.29. The number of nitriles is 1. The normalized spacial score (nSPS) is 11.3. The number of hydrazine groups is 1. The molecule has 0 aliphatic rings. The van der Waals surface area contributed by atoms with E-state index in [9.17, 15) is 10.1 Å². The summed E-state index contributed by atoms with van der Waals surface area (Å²) in [7, 11) is 3.91. The van der Waals surface area contributed by atoms with Crippen LogP contribution >= 0.6 is 0 Å². The molecule has 2 aromatic rings. The van der Waals surface area contributed by atoms with Crippen molar-refractivity contribution >= 4 is 11.6 Å². The van der Waals surface area contributed by atoms with Gasteiger partial charge >= 0.3 is 0 Å². The molecule has 0 aromatic heterocycles.